The Balaban J connectivity index is 1.59. The summed E-state index contributed by atoms with van der Waals surface area (Å²) >= 11 is 13.4. The summed E-state index contributed by atoms with van der Waals surface area (Å²) in [7, 11) is 4.28. The van der Waals surface area contributed by atoms with Crippen LogP contribution >= 0.6 is 35.1 Å². The summed E-state index contributed by atoms with van der Waals surface area (Å²) in [5.74, 6) is 0.474. The van der Waals surface area contributed by atoms with Crippen LogP contribution in [0.2, 0.25) is 10.2 Å². The second kappa shape index (κ2) is 12.3. The Morgan fingerprint density at radius 1 is 1.03 bits per heavy atom. The molecule has 0 aliphatic heterocycles. The summed E-state index contributed by atoms with van der Waals surface area (Å²) in [6.07, 6.45) is 2.17. The molecule has 1 aromatic heterocycles. The number of benzene rings is 1. The summed E-state index contributed by atoms with van der Waals surface area (Å²) in [5, 5.41) is 3.55. The average Bonchev–Trinajstić information content (AvgIpc) is 2.71. The molecule has 1 amide bonds. The first kappa shape index (κ1) is 25.5. The van der Waals surface area contributed by atoms with Crippen LogP contribution < -0.4 is 21.5 Å². The Kier molecular flexibility index (Phi) is 10.1. The van der Waals surface area contributed by atoms with Gasteiger partial charge in [-0.25, -0.2) is 9.97 Å². The number of rotatable bonds is 12. The topological polar surface area (TPSA) is 119 Å². The summed E-state index contributed by atoms with van der Waals surface area (Å²) in [5.41, 5.74) is 12.5. The van der Waals surface area contributed by atoms with E-state index in [1.165, 1.54) is 5.56 Å². The van der Waals surface area contributed by atoms with E-state index in [0.29, 0.717) is 6.54 Å². The molecule has 1 aromatic carbocycles. The van der Waals surface area contributed by atoms with E-state index in [2.05, 4.69) is 34.1 Å². The molecule has 0 aliphatic rings. The van der Waals surface area contributed by atoms with Crippen molar-refractivity contribution >= 4 is 52.7 Å². The van der Waals surface area contributed by atoms with E-state index in [4.69, 9.17) is 34.7 Å². The first-order chi connectivity index (χ1) is 14.7. The van der Waals surface area contributed by atoms with E-state index in [1.807, 2.05) is 24.3 Å². The zero-order chi connectivity index (χ0) is 22.9. The molecule has 0 radical (unpaired) electrons. The number of nitrogens with two attached hydrogens (primary N) is 2. The Labute approximate surface area is 197 Å². The van der Waals surface area contributed by atoms with Crippen molar-refractivity contribution in [3.63, 3.8) is 0 Å². The fraction of sp³-hybridized carbons (Fsp3) is 0.450. The predicted octanol–water partition coefficient (Wildman–Crippen LogP) is 2.97. The zero-order valence-corrected chi connectivity index (χ0v) is 20.2. The lowest BCUT2D eigenvalue weighted by Gasteiger charge is -2.30. The van der Waals surface area contributed by atoms with Gasteiger partial charge >= 0.3 is 0 Å². The van der Waals surface area contributed by atoms with Crippen molar-refractivity contribution in [2.45, 2.75) is 18.6 Å². The van der Waals surface area contributed by atoms with Gasteiger partial charge in [0.05, 0.1) is 33.7 Å². The van der Waals surface area contributed by atoms with Crippen LogP contribution in [-0.4, -0.2) is 60.6 Å². The third-order valence-electron chi connectivity index (χ3n) is 4.67. The van der Waals surface area contributed by atoms with Gasteiger partial charge in [0, 0.05) is 17.3 Å². The largest absolute Gasteiger partial charge is 0.382 e. The number of nitrogen functional groups attached to an aromatic ring is 2. The van der Waals surface area contributed by atoms with Gasteiger partial charge in [-0.1, -0.05) is 47.3 Å². The minimum atomic E-state index is -0.409. The minimum absolute atomic E-state index is 0.00591. The maximum absolute atomic E-state index is 12.3. The molecule has 0 spiro atoms. The maximum atomic E-state index is 12.3. The number of quaternary nitrogens is 1. The number of carbonyl (C=O) groups is 1. The minimum Gasteiger partial charge on any atom is -0.382 e. The second-order valence-corrected chi connectivity index (χ2v) is 9.45. The molecule has 170 valence electrons. The van der Waals surface area contributed by atoms with Crippen LogP contribution in [-0.2, 0) is 5.75 Å². The second-order valence-electron chi connectivity index (χ2n) is 7.79. The van der Waals surface area contributed by atoms with Crippen molar-refractivity contribution in [2.75, 3.05) is 51.7 Å². The molecule has 0 bridgehead atoms. The molecule has 11 heteroatoms. The fourth-order valence-electron chi connectivity index (χ4n) is 2.80. The highest BCUT2D eigenvalue weighted by molar-refractivity contribution is 7.96. The number of unbranched alkanes of at least 4 members (excludes halogenated alkanes) is 1. The predicted molar refractivity (Wildman–Crippen MR) is 130 cm³/mol. The van der Waals surface area contributed by atoms with Crippen LogP contribution in [0.3, 0.4) is 0 Å². The van der Waals surface area contributed by atoms with Crippen molar-refractivity contribution in [1.29, 1.82) is 0 Å². The Hall–Kier alpha value is -1.78. The van der Waals surface area contributed by atoms with Crippen molar-refractivity contribution in [3.8, 4) is 0 Å². The van der Waals surface area contributed by atoms with Gasteiger partial charge in [-0.15, -0.1) is 0 Å². The first-order valence-corrected chi connectivity index (χ1v) is 11.7. The number of hydrogen-bond acceptors (Lipinski definition) is 7. The molecule has 6 N–H and O–H groups in total. The van der Waals surface area contributed by atoms with Gasteiger partial charge in [-0.05, 0) is 30.5 Å². The number of nitrogens with one attached hydrogen (secondary N) is 2. The summed E-state index contributed by atoms with van der Waals surface area (Å²) in [6, 6.07) is 7.90. The molecule has 0 atom stereocenters. The molecule has 8 nitrogen and oxygen atoms in total. The number of amides is 1. The number of halogens is 2. The summed E-state index contributed by atoms with van der Waals surface area (Å²) < 4.78 is 4.19. The molecule has 2 rings (SSSR count). The molecule has 0 fully saturated rings. The number of hydrogen-bond donors (Lipinski definition) is 4. The van der Waals surface area contributed by atoms with Crippen LogP contribution in [0.25, 0.3) is 0 Å². The summed E-state index contributed by atoms with van der Waals surface area (Å²) in [6.45, 7) is 3.23. The normalized spacial score (nSPS) is 11.5. The van der Waals surface area contributed by atoms with Crippen LogP contribution in [0.5, 0.6) is 0 Å². The van der Waals surface area contributed by atoms with Crippen molar-refractivity contribution < 1.29 is 9.28 Å². The van der Waals surface area contributed by atoms with E-state index in [-0.39, 0.29) is 22.5 Å². The van der Waals surface area contributed by atoms with Gasteiger partial charge in [0.15, 0.2) is 22.5 Å². The fourth-order valence-corrected chi connectivity index (χ4v) is 3.80. The molecular weight excluding hydrogens is 457 g/mol. The van der Waals surface area contributed by atoms with Gasteiger partial charge in [0.1, 0.15) is 0 Å². The number of aromatic nitrogens is 2. The quantitative estimate of drug-likeness (QED) is 0.207. The Morgan fingerprint density at radius 3 is 2.45 bits per heavy atom. The zero-order valence-electron chi connectivity index (χ0n) is 17.8. The summed E-state index contributed by atoms with van der Waals surface area (Å²) in [4.78, 5) is 20.0. The molecule has 31 heavy (non-hydrogen) atoms. The third kappa shape index (κ3) is 9.08. The molecular formula is C20H30Cl2N7OS+. The van der Waals surface area contributed by atoms with Gasteiger partial charge in [-0.3, -0.25) is 9.52 Å². The highest BCUT2D eigenvalue weighted by Crippen LogP contribution is 2.17. The van der Waals surface area contributed by atoms with E-state index in [0.717, 1.165) is 47.7 Å². The van der Waals surface area contributed by atoms with Gasteiger partial charge in [0.25, 0.3) is 5.91 Å². The van der Waals surface area contributed by atoms with Crippen LogP contribution in [0.15, 0.2) is 24.3 Å². The third-order valence-corrected chi connectivity index (χ3v) is 6.09. The van der Waals surface area contributed by atoms with E-state index >= 15 is 0 Å². The van der Waals surface area contributed by atoms with Crippen molar-refractivity contribution in [3.05, 3.63) is 45.7 Å². The Morgan fingerprint density at radius 2 is 1.74 bits per heavy atom. The van der Waals surface area contributed by atoms with Crippen LogP contribution in [0, 0.1) is 0 Å². The van der Waals surface area contributed by atoms with E-state index < -0.39 is 5.91 Å². The lowest BCUT2D eigenvalue weighted by molar-refractivity contribution is -0.889. The molecule has 0 saturated heterocycles. The highest BCUT2D eigenvalue weighted by Gasteiger charge is 2.18. The Bertz CT molecular complexity index is 865. The molecule has 0 aliphatic carbocycles. The number of likely N-dealkylation sites (N-methyl/N-ethyl adjacent to an activating group) is 1. The highest BCUT2D eigenvalue weighted by atomic mass is 35.5. The molecule has 1 heterocycles. The standard InChI is InChI=1S/C20H29Cl2N7OS/c1-29(2,11-4-3-9-26-31-13-14-5-7-15(21)8-6-14)12-10-25-20(30)16-18(23)28-19(24)17(22)27-16/h5-8,26H,3-4,9-13H2,1-2H3,(H4-,23,24,25,28,30)/p+1. The number of anilines is 2. The molecule has 0 unspecified atom stereocenters. The van der Waals surface area contributed by atoms with Gasteiger partial charge < -0.3 is 21.3 Å². The van der Waals surface area contributed by atoms with Crippen molar-refractivity contribution in [2.24, 2.45) is 0 Å². The van der Waals surface area contributed by atoms with Crippen LogP contribution in [0.1, 0.15) is 28.9 Å². The molecule has 0 saturated carbocycles. The van der Waals surface area contributed by atoms with Crippen molar-refractivity contribution in [1.82, 2.24) is 20.0 Å². The maximum Gasteiger partial charge on any atom is 0.273 e. The molecule has 2 aromatic rings. The lowest BCUT2D eigenvalue weighted by Crippen LogP contribution is -2.46. The van der Waals surface area contributed by atoms with Gasteiger partial charge in [-0.2, -0.15) is 0 Å². The monoisotopic (exact) mass is 486 g/mol. The SMILES string of the molecule is C[N+](C)(CCCCNSCc1ccc(Cl)cc1)CCNC(=O)c1nc(Cl)c(N)nc1N. The smallest absolute Gasteiger partial charge is 0.273 e. The lowest BCUT2D eigenvalue weighted by atomic mass is 10.2. The van der Waals surface area contributed by atoms with E-state index in [9.17, 15) is 4.79 Å². The van der Waals surface area contributed by atoms with Gasteiger partial charge in [0.2, 0.25) is 0 Å². The number of nitrogens with zero attached hydrogens (tertiary/aromatic N) is 3. The van der Waals surface area contributed by atoms with E-state index in [1.54, 1.807) is 11.9 Å². The number of carbonyl (C=O) groups excluding carboxylic acids is 1. The average molecular weight is 487 g/mol. The first-order valence-electron chi connectivity index (χ1n) is 9.96. The van der Waals surface area contributed by atoms with Crippen LogP contribution in [0.4, 0.5) is 11.6 Å².